The highest BCUT2D eigenvalue weighted by atomic mass is 16.2. The van der Waals surface area contributed by atoms with Crippen molar-refractivity contribution in [1.82, 2.24) is 9.97 Å². The van der Waals surface area contributed by atoms with Crippen molar-refractivity contribution in [2.75, 3.05) is 11.9 Å². The summed E-state index contributed by atoms with van der Waals surface area (Å²) in [4.78, 5) is 24.7. The molecule has 8 nitrogen and oxygen atoms in total. The van der Waals surface area contributed by atoms with Gasteiger partial charge in [0.05, 0.1) is 0 Å². The standard InChI is InChI=1S/C19H21N7O/c1-11-18(27)26-10-16(13-9-23-14-6-3-2-5-12(13)14)25-15(17(26)24-11)7-4-8-22-19(20)21/h2-3,5-6,9-11,23H,4,7-8H2,1H3,(H4,20,21,22)/p+1. The Hall–Kier alpha value is -3.42. The van der Waals surface area contributed by atoms with Gasteiger partial charge in [0.2, 0.25) is 0 Å². The molecule has 0 bridgehead atoms. The molecule has 3 heterocycles. The fourth-order valence-electron chi connectivity index (χ4n) is 3.40. The summed E-state index contributed by atoms with van der Waals surface area (Å²) >= 11 is 0. The van der Waals surface area contributed by atoms with Gasteiger partial charge in [-0.3, -0.25) is 10.3 Å². The number of benzene rings is 1. The Morgan fingerprint density at radius 2 is 2.15 bits per heavy atom. The Balaban J connectivity index is 1.76. The Morgan fingerprint density at radius 3 is 2.96 bits per heavy atom. The monoisotopic (exact) mass is 364 g/mol. The van der Waals surface area contributed by atoms with Gasteiger partial charge in [0.15, 0.2) is 12.0 Å². The molecule has 0 aliphatic carbocycles. The number of nitrogens with two attached hydrogens (primary N) is 2. The van der Waals surface area contributed by atoms with E-state index in [2.05, 4.69) is 15.3 Å². The fraction of sp³-hybridized carbons (Fsp3) is 0.263. The van der Waals surface area contributed by atoms with Crippen molar-refractivity contribution in [2.24, 2.45) is 16.5 Å². The molecule has 1 unspecified atom stereocenters. The molecule has 0 saturated heterocycles. The van der Waals surface area contributed by atoms with Gasteiger partial charge in [0.25, 0.3) is 0 Å². The second-order valence-corrected chi connectivity index (χ2v) is 6.65. The first kappa shape index (κ1) is 17.0. The van der Waals surface area contributed by atoms with Crippen molar-refractivity contribution in [3.63, 3.8) is 0 Å². The van der Waals surface area contributed by atoms with E-state index in [1.54, 1.807) is 4.57 Å². The van der Waals surface area contributed by atoms with Gasteiger partial charge in [-0.1, -0.05) is 18.2 Å². The molecule has 1 atom stereocenters. The van der Waals surface area contributed by atoms with Crippen LogP contribution < -0.4 is 21.4 Å². The number of hydrogen-bond acceptors (Lipinski definition) is 4. The summed E-state index contributed by atoms with van der Waals surface area (Å²) in [5.74, 6) is 0.844. The fourth-order valence-corrected chi connectivity index (χ4v) is 3.40. The number of rotatable bonds is 5. The van der Waals surface area contributed by atoms with Crippen LogP contribution in [0.5, 0.6) is 0 Å². The average Bonchev–Trinajstić information content (AvgIpc) is 3.20. The third-order valence-corrected chi connectivity index (χ3v) is 4.71. The zero-order valence-corrected chi connectivity index (χ0v) is 15.1. The average molecular weight is 364 g/mol. The topological polar surface area (TPSA) is 126 Å². The van der Waals surface area contributed by atoms with Crippen molar-refractivity contribution >= 4 is 28.6 Å². The second-order valence-electron chi connectivity index (χ2n) is 6.65. The second kappa shape index (κ2) is 6.71. The summed E-state index contributed by atoms with van der Waals surface area (Å²) in [6, 6.07) is 7.76. The number of guanidine groups is 1. The summed E-state index contributed by atoms with van der Waals surface area (Å²) in [6.07, 6.45) is 5.14. The van der Waals surface area contributed by atoms with E-state index in [0.717, 1.165) is 40.1 Å². The normalized spacial score (nSPS) is 15.6. The molecule has 3 aromatic rings. The van der Waals surface area contributed by atoms with E-state index in [1.165, 1.54) is 0 Å². The highest BCUT2D eigenvalue weighted by molar-refractivity contribution is 5.94. The third kappa shape index (κ3) is 3.10. The summed E-state index contributed by atoms with van der Waals surface area (Å²) in [5, 5.41) is 4.31. The molecule has 8 heteroatoms. The predicted octanol–water partition coefficient (Wildman–Crippen LogP) is 1.18. The highest BCUT2D eigenvalue weighted by Gasteiger charge is 2.38. The van der Waals surface area contributed by atoms with E-state index in [1.807, 2.05) is 43.6 Å². The lowest BCUT2D eigenvalue weighted by atomic mass is 10.1. The van der Waals surface area contributed by atoms with Gasteiger partial charge in [-0.2, -0.15) is 4.57 Å². The molecule has 0 saturated carbocycles. The predicted molar refractivity (Wildman–Crippen MR) is 104 cm³/mol. The number of aryl methyl sites for hydroxylation is 1. The van der Waals surface area contributed by atoms with Crippen molar-refractivity contribution in [3.05, 3.63) is 42.4 Å². The minimum Gasteiger partial charge on any atom is -0.370 e. The number of anilines is 1. The van der Waals surface area contributed by atoms with Crippen LogP contribution in [0.3, 0.4) is 0 Å². The first-order valence-electron chi connectivity index (χ1n) is 8.93. The van der Waals surface area contributed by atoms with Crippen LogP contribution in [0.1, 0.15) is 23.8 Å². The number of H-pyrrole nitrogens is 1. The molecule has 1 aliphatic heterocycles. The number of hydrogen-bond donors (Lipinski definition) is 4. The van der Waals surface area contributed by atoms with Gasteiger partial charge < -0.3 is 16.5 Å². The quantitative estimate of drug-likeness (QED) is 0.234. The Kier molecular flexibility index (Phi) is 4.23. The maximum absolute atomic E-state index is 12.6. The molecular formula is C19H22N7O+. The van der Waals surface area contributed by atoms with Crippen molar-refractivity contribution in [2.45, 2.75) is 25.8 Å². The van der Waals surface area contributed by atoms with Gasteiger partial charge >= 0.3 is 11.7 Å². The number of para-hydroxylation sites is 1. The van der Waals surface area contributed by atoms with Crippen LogP contribution >= 0.6 is 0 Å². The summed E-state index contributed by atoms with van der Waals surface area (Å²) < 4.78 is 1.67. The lowest BCUT2D eigenvalue weighted by molar-refractivity contribution is -0.552. The van der Waals surface area contributed by atoms with Crippen LogP contribution in [0.2, 0.25) is 0 Å². The minimum absolute atomic E-state index is 0.0129. The lowest BCUT2D eigenvalue weighted by Gasteiger charge is -2.06. The van der Waals surface area contributed by atoms with Crippen molar-refractivity contribution < 1.29 is 9.36 Å². The van der Waals surface area contributed by atoms with Crippen LogP contribution in [0.4, 0.5) is 5.82 Å². The molecule has 138 valence electrons. The number of aromatic amines is 1. The van der Waals surface area contributed by atoms with Gasteiger partial charge in [0.1, 0.15) is 17.6 Å². The van der Waals surface area contributed by atoms with Crippen LogP contribution in [-0.4, -0.2) is 34.4 Å². The highest BCUT2D eigenvalue weighted by Crippen LogP contribution is 2.28. The maximum atomic E-state index is 12.6. The van der Waals surface area contributed by atoms with Gasteiger partial charge in [-0.05, 0) is 25.8 Å². The molecule has 1 aliphatic rings. The number of carbonyl (C=O) groups is 1. The zero-order valence-electron chi connectivity index (χ0n) is 15.1. The Labute approximate surface area is 156 Å². The number of aliphatic imine (C=N–C) groups is 1. The molecule has 6 N–H and O–H groups in total. The first-order valence-corrected chi connectivity index (χ1v) is 8.93. The molecule has 0 radical (unpaired) electrons. The van der Waals surface area contributed by atoms with Crippen LogP contribution in [0, 0.1) is 0 Å². The molecule has 0 spiro atoms. The van der Waals surface area contributed by atoms with Crippen LogP contribution in [0.15, 0.2) is 41.7 Å². The molecule has 27 heavy (non-hydrogen) atoms. The Bertz CT molecular complexity index is 1050. The number of aromatic nitrogens is 3. The van der Waals surface area contributed by atoms with Gasteiger partial charge in [0, 0.05) is 29.2 Å². The maximum Gasteiger partial charge on any atom is 0.358 e. The molecule has 1 aromatic carbocycles. The summed E-state index contributed by atoms with van der Waals surface area (Å²) in [5.41, 5.74) is 14.4. The number of nitrogens with one attached hydrogen (secondary N) is 2. The SMILES string of the molecule is CC1Nc2c(CCCN=C(N)N)nc(-c3c[nH]c4ccccc34)c[n+]2C1=O. The largest absolute Gasteiger partial charge is 0.370 e. The van der Waals surface area contributed by atoms with Gasteiger partial charge in [-0.15, -0.1) is 0 Å². The number of nitrogens with zero attached hydrogens (tertiary/aromatic N) is 3. The smallest absolute Gasteiger partial charge is 0.358 e. The first-order chi connectivity index (χ1) is 13.0. The van der Waals surface area contributed by atoms with Crippen molar-refractivity contribution in [1.29, 1.82) is 0 Å². The van der Waals surface area contributed by atoms with Crippen LogP contribution in [0.25, 0.3) is 22.2 Å². The van der Waals surface area contributed by atoms with E-state index in [-0.39, 0.29) is 17.9 Å². The molecule has 2 aromatic heterocycles. The lowest BCUT2D eigenvalue weighted by Crippen LogP contribution is -2.42. The van der Waals surface area contributed by atoms with Crippen LogP contribution in [-0.2, 0) is 6.42 Å². The molecular weight excluding hydrogens is 342 g/mol. The molecule has 4 rings (SSSR count). The zero-order chi connectivity index (χ0) is 19.0. The van der Waals surface area contributed by atoms with Crippen molar-refractivity contribution in [3.8, 4) is 11.3 Å². The van der Waals surface area contributed by atoms with Gasteiger partial charge in [-0.25, -0.2) is 9.78 Å². The molecule has 0 amide bonds. The third-order valence-electron chi connectivity index (χ3n) is 4.71. The minimum atomic E-state index is -0.276. The Morgan fingerprint density at radius 1 is 1.33 bits per heavy atom. The number of fused-ring (bicyclic) bond motifs is 2. The summed E-state index contributed by atoms with van der Waals surface area (Å²) in [6.45, 7) is 2.37. The summed E-state index contributed by atoms with van der Waals surface area (Å²) in [7, 11) is 0. The number of carbonyl (C=O) groups excluding carboxylic acids is 1. The van der Waals surface area contributed by atoms with E-state index in [9.17, 15) is 4.79 Å². The van der Waals surface area contributed by atoms with E-state index < -0.39 is 0 Å². The van der Waals surface area contributed by atoms with E-state index >= 15 is 0 Å². The van der Waals surface area contributed by atoms with E-state index in [0.29, 0.717) is 13.0 Å². The van der Waals surface area contributed by atoms with E-state index in [4.69, 9.17) is 16.5 Å². The molecule has 0 fully saturated rings.